The van der Waals surface area contributed by atoms with Gasteiger partial charge in [-0.25, -0.2) is 0 Å². The van der Waals surface area contributed by atoms with E-state index in [9.17, 15) is 0 Å². The van der Waals surface area contributed by atoms with Gasteiger partial charge < -0.3 is 14.7 Å². The van der Waals surface area contributed by atoms with E-state index in [1.165, 1.54) is 33.4 Å². The van der Waals surface area contributed by atoms with Crippen LogP contribution in [0.4, 0.5) is 51.2 Å². The first kappa shape index (κ1) is 36.2. The van der Waals surface area contributed by atoms with Crippen LogP contribution in [0, 0.1) is 20.8 Å². The summed E-state index contributed by atoms with van der Waals surface area (Å²) in [4.78, 5) is 7.04. The van der Waals surface area contributed by atoms with Gasteiger partial charge in [-0.05, 0) is 170 Å². The van der Waals surface area contributed by atoms with Gasteiger partial charge in [0.05, 0.1) is 0 Å². The molecule has 0 aliphatic carbocycles. The lowest BCUT2D eigenvalue weighted by Crippen LogP contribution is -2.13. The van der Waals surface area contributed by atoms with Gasteiger partial charge in [0.1, 0.15) is 0 Å². The monoisotopic (exact) mass is 725 g/mol. The van der Waals surface area contributed by atoms with Gasteiger partial charge in [0, 0.05) is 51.2 Å². The van der Waals surface area contributed by atoms with Crippen molar-refractivity contribution in [2.75, 3.05) is 14.7 Å². The quantitative estimate of drug-likeness (QED) is 0.131. The molecule has 0 spiro atoms. The zero-order valence-electron chi connectivity index (χ0n) is 32.6. The van der Waals surface area contributed by atoms with Crippen LogP contribution in [0.1, 0.15) is 29.2 Å². The molecule has 0 saturated carbocycles. The molecule has 8 aromatic rings. The van der Waals surface area contributed by atoms with E-state index in [-0.39, 0.29) is 0 Å². The van der Waals surface area contributed by atoms with Crippen molar-refractivity contribution in [3.8, 4) is 11.1 Å². The largest absolute Gasteiger partial charge is 0.311 e. The van der Waals surface area contributed by atoms with Crippen LogP contribution in [-0.2, 0) is 6.42 Å². The van der Waals surface area contributed by atoms with E-state index in [0.717, 1.165) is 57.6 Å². The fourth-order valence-corrected chi connectivity index (χ4v) is 7.49. The molecule has 8 rings (SSSR count). The highest BCUT2D eigenvalue weighted by Gasteiger charge is 2.19. The van der Waals surface area contributed by atoms with Gasteiger partial charge in [-0.1, -0.05) is 97.9 Å². The lowest BCUT2D eigenvalue weighted by molar-refractivity contribution is 1.13. The van der Waals surface area contributed by atoms with Crippen molar-refractivity contribution in [3.63, 3.8) is 0 Å². The van der Waals surface area contributed by atoms with Crippen LogP contribution in [0.5, 0.6) is 0 Å². The third-order valence-corrected chi connectivity index (χ3v) is 10.3. The number of benzene rings is 8. The van der Waals surface area contributed by atoms with Crippen molar-refractivity contribution >= 4 is 51.2 Å². The van der Waals surface area contributed by atoms with Gasteiger partial charge in [0.25, 0.3) is 0 Å². The molecule has 0 fully saturated rings. The van der Waals surface area contributed by atoms with E-state index >= 15 is 0 Å². The summed E-state index contributed by atoms with van der Waals surface area (Å²) in [5.74, 6) is 0. The normalized spacial score (nSPS) is 10.9. The second kappa shape index (κ2) is 16.3. The minimum absolute atomic E-state index is 0.985. The molecule has 0 bridgehead atoms. The molecule has 0 N–H and O–H groups in total. The minimum atomic E-state index is 0.985. The summed E-state index contributed by atoms with van der Waals surface area (Å²) in [6.07, 6.45) is 0.985. The van der Waals surface area contributed by atoms with Crippen LogP contribution in [0.15, 0.2) is 200 Å². The number of hydrogen-bond donors (Lipinski definition) is 0. The number of nitrogens with zero attached hydrogens (tertiary/aromatic N) is 3. The van der Waals surface area contributed by atoms with E-state index in [1.807, 2.05) is 0 Å². The zero-order chi connectivity index (χ0) is 38.4. The van der Waals surface area contributed by atoms with Crippen LogP contribution >= 0.6 is 0 Å². The molecular weight excluding hydrogens is 679 g/mol. The third kappa shape index (κ3) is 7.85. The zero-order valence-corrected chi connectivity index (χ0v) is 32.6. The molecule has 0 aliphatic rings. The lowest BCUT2D eigenvalue weighted by Gasteiger charge is -2.30. The maximum absolute atomic E-state index is 2.36. The number of hydrogen-bond acceptors (Lipinski definition) is 3. The Labute approximate surface area is 332 Å². The summed E-state index contributed by atoms with van der Waals surface area (Å²) in [7, 11) is 0. The van der Waals surface area contributed by atoms with Crippen molar-refractivity contribution in [3.05, 3.63) is 222 Å². The maximum Gasteiger partial charge on any atom is 0.0464 e. The molecule has 56 heavy (non-hydrogen) atoms. The van der Waals surface area contributed by atoms with Gasteiger partial charge in [0.2, 0.25) is 0 Å². The Kier molecular flexibility index (Phi) is 10.5. The van der Waals surface area contributed by atoms with Crippen LogP contribution in [-0.4, -0.2) is 0 Å². The van der Waals surface area contributed by atoms with Crippen molar-refractivity contribution < 1.29 is 0 Å². The molecule has 0 atom stereocenters. The fourth-order valence-electron chi connectivity index (χ4n) is 7.49. The first-order chi connectivity index (χ1) is 27.4. The Balaban J connectivity index is 1.21. The fraction of sp³-hybridized carbons (Fsp3) is 0.0943. The molecule has 0 saturated heterocycles. The standard InChI is InChI=1S/C53H47N3/c1-5-42-16-12-22-53(38-42)56(52-21-11-15-41(4)37-52)49-33-29-47(30-34-49)54(45-25-23-44(24-26-45)43-17-7-6-8-18-43)46-27-31-48(32-28-46)55(50-19-9-13-39(2)35-50)51-20-10-14-40(3)36-51/h6-38H,5H2,1-4H3. The summed E-state index contributed by atoms with van der Waals surface area (Å²) >= 11 is 0. The maximum atomic E-state index is 2.36. The van der Waals surface area contributed by atoms with Crippen LogP contribution in [0.2, 0.25) is 0 Å². The number of anilines is 9. The van der Waals surface area contributed by atoms with Gasteiger partial charge in [-0.2, -0.15) is 0 Å². The van der Waals surface area contributed by atoms with Crippen LogP contribution in [0.3, 0.4) is 0 Å². The average molecular weight is 726 g/mol. The van der Waals surface area contributed by atoms with Crippen molar-refractivity contribution in [2.24, 2.45) is 0 Å². The summed E-state index contributed by atoms with van der Waals surface area (Å²) in [5.41, 5.74) is 17.4. The first-order valence-corrected chi connectivity index (χ1v) is 19.5. The minimum Gasteiger partial charge on any atom is -0.311 e. The molecule has 0 unspecified atom stereocenters. The van der Waals surface area contributed by atoms with E-state index in [1.54, 1.807) is 0 Å². The van der Waals surface area contributed by atoms with Crippen LogP contribution < -0.4 is 14.7 Å². The molecule has 3 heteroatoms. The van der Waals surface area contributed by atoms with E-state index < -0.39 is 0 Å². The predicted octanol–water partition coefficient (Wildman–Crippen LogP) is 15.3. The molecule has 0 radical (unpaired) electrons. The number of aryl methyl sites for hydroxylation is 4. The summed E-state index contributed by atoms with van der Waals surface area (Å²) < 4.78 is 0. The molecule has 0 amide bonds. The van der Waals surface area contributed by atoms with Crippen molar-refractivity contribution in [2.45, 2.75) is 34.1 Å². The highest BCUT2D eigenvalue weighted by atomic mass is 15.2. The summed E-state index contributed by atoms with van der Waals surface area (Å²) in [6.45, 7) is 8.66. The van der Waals surface area contributed by atoms with E-state index in [4.69, 9.17) is 0 Å². The Morgan fingerprint density at radius 1 is 0.286 bits per heavy atom. The van der Waals surface area contributed by atoms with Crippen molar-refractivity contribution in [1.82, 2.24) is 0 Å². The molecule has 0 aromatic heterocycles. The topological polar surface area (TPSA) is 9.72 Å². The number of rotatable bonds is 11. The molecule has 0 aliphatic heterocycles. The van der Waals surface area contributed by atoms with Gasteiger partial charge in [0.15, 0.2) is 0 Å². The molecular formula is C53H47N3. The summed E-state index contributed by atoms with van der Waals surface area (Å²) in [6, 6.07) is 72.4. The van der Waals surface area contributed by atoms with E-state index in [0.29, 0.717) is 0 Å². The lowest BCUT2D eigenvalue weighted by atomic mass is 10.0. The Bertz CT molecular complexity index is 2490. The molecule has 0 heterocycles. The Hall–Kier alpha value is -6.84. The van der Waals surface area contributed by atoms with Crippen LogP contribution in [0.25, 0.3) is 11.1 Å². The summed E-state index contributed by atoms with van der Waals surface area (Å²) in [5, 5.41) is 0. The van der Waals surface area contributed by atoms with Gasteiger partial charge in [-0.3, -0.25) is 0 Å². The van der Waals surface area contributed by atoms with Gasteiger partial charge in [-0.15, -0.1) is 0 Å². The van der Waals surface area contributed by atoms with Gasteiger partial charge >= 0.3 is 0 Å². The highest BCUT2D eigenvalue weighted by Crippen LogP contribution is 2.42. The average Bonchev–Trinajstić information content (AvgIpc) is 3.23. The smallest absolute Gasteiger partial charge is 0.0464 e. The molecule has 8 aromatic carbocycles. The van der Waals surface area contributed by atoms with Crippen molar-refractivity contribution in [1.29, 1.82) is 0 Å². The Morgan fingerprint density at radius 3 is 0.982 bits per heavy atom. The molecule has 3 nitrogen and oxygen atoms in total. The molecule has 274 valence electrons. The highest BCUT2D eigenvalue weighted by molar-refractivity contribution is 5.84. The SMILES string of the molecule is CCc1cccc(N(c2ccc(N(c3ccc(-c4ccccc4)cc3)c3ccc(N(c4cccc(C)c4)c4cccc(C)c4)cc3)cc2)c2cccc(C)c2)c1. The van der Waals surface area contributed by atoms with E-state index in [2.05, 4.69) is 243 Å². The predicted molar refractivity (Wildman–Crippen MR) is 240 cm³/mol. The Morgan fingerprint density at radius 2 is 0.607 bits per heavy atom. The second-order valence-corrected chi connectivity index (χ2v) is 14.5. The second-order valence-electron chi connectivity index (χ2n) is 14.5. The third-order valence-electron chi connectivity index (χ3n) is 10.3. The first-order valence-electron chi connectivity index (χ1n) is 19.5.